The van der Waals surface area contributed by atoms with Gasteiger partial charge in [0.25, 0.3) is 0 Å². The van der Waals surface area contributed by atoms with E-state index < -0.39 is 0 Å². The quantitative estimate of drug-likeness (QED) is 0.853. The van der Waals surface area contributed by atoms with E-state index in [4.69, 9.17) is 0 Å². The van der Waals surface area contributed by atoms with Gasteiger partial charge in [-0.25, -0.2) is 0 Å². The van der Waals surface area contributed by atoms with Crippen LogP contribution in [0.5, 0.6) is 0 Å². The van der Waals surface area contributed by atoms with Gasteiger partial charge >= 0.3 is 0 Å². The summed E-state index contributed by atoms with van der Waals surface area (Å²) < 4.78 is 0. The Kier molecular flexibility index (Phi) is 2.66. The summed E-state index contributed by atoms with van der Waals surface area (Å²) in [5, 5.41) is 5.30. The summed E-state index contributed by atoms with van der Waals surface area (Å²) in [7, 11) is 0. The molecule has 1 fully saturated rings. The van der Waals surface area contributed by atoms with E-state index >= 15 is 0 Å². The zero-order valence-electron chi connectivity index (χ0n) is 11.6. The highest BCUT2D eigenvalue weighted by atomic mass is 15.0. The van der Waals surface area contributed by atoms with Gasteiger partial charge in [0.1, 0.15) is 0 Å². The van der Waals surface area contributed by atoms with Crippen LogP contribution < -0.4 is 5.32 Å². The van der Waals surface area contributed by atoms with Crippen molar-refractivity contribution in [1.29, 1.82) is 0 Å². The summed E-state index contributed by atoms with van der Waals surface area (Å²) in [4.78, 5) is 3.67. The van der Waals surface area contributed by atoms with Gasteiger partial charge in [-0.05, 0) is 56.6 Å². The Balaban J connectivity index is 1.69. The predicted octanol–water partition coefficient (Wildman–Crippen LogP) is 3.93. The lowest BCUT2D eigenvalue weighted by Crippen LogP contribution is -2.34. The minimum atomic E-state index is 0.534. The zero-order valence-corrected chi connectivity index (χ0v) is 11.6. The van der Waals surface area contributed by atoms with Crippen molar-refractivity contribution in [3.63, 3.8) is 0 Å². The van der Waals surface area contributed by atoms with Crippen molar-refractivity contribution in [1.82, 2.24) is 10.3 Å². The molecule has 2 nitrogen and oxygen atoms in total. The van der Waals surface area contributed by atoms with Crippen molar-refractivity contribution in [2.75, 3.05) is 0 Å². The minimum Gasteiger partial charge on any atom is -0.357 e. The van der Waals surface area contributed by atoms with Crippen LogP contribution in [0.2, 0.25) is 0 Å². The zero-order chi connectivity index (χ0) is 12.8. The fraction of sp³-hybridized carbons (Fsp3) is 0.529. The molecule has 2 unspecified atom stereocenters. The van der Waals surface area contributed by atoms with E-state index in [0.717, 1.165) is 5.92 Å². The van der Waals surface area contributed by atoms with Gasteiger partial charge in [0, 0.05) is 28.7 Å². The fourth-order valence-corrected chi connectivity index (χ4v) is 3.63. The highest BCUT2D eigenvalue weighted by Crippen LogP contribution is 2.38. The van der Waals surface area contributed by atoms with Crippen molar-refractivity contribution >= 4 is 10.9 Å². The monoisotopic (exact) mass is 254 g/mol. The van der Waals surface area contributed by atoms with E-state index in [1.807, 2.05) is 0 Å². The normalized spacial score (nSPS) is 24.4. The third kappa shape index (κ3) is 1.99. The van der Waals surface area contributed by atoms with Crippen LogP contribution in [0.15, 0.2) is 24.3 Å². The topological polar surface area (TPSA) is 27.8 Å². The van der Waals surface area contributed by atoms with Crippen LogP contribution in [0, 0.1) is 5.92 Å². The Labute approximate surface area is 114 Å². The SMILES string of the molecule is CC(NC1CCCc2c1[nH]c1ccccc21)C1CC1. The van der Waals surface area contributed by atoms with Gasteiger partial charge in [-0.15, -0.1) is 0 Å². The van der Waals surface area contributed by atoms with Crippen molar-refractivity contribution in [2.45, 2.75) is 51.1 Å². The molecule has 2 heteroatoms. The molecule has 1 aromatic carbocycles. The van der Waals surface area contributed by atoms with Gasteiger partial charge in [0.2, 0.25) is 0 Å². The molecule has 1 aromatic heterocycles. The molecule has 2 aromatic rings. The highest BCUT2D eigenvalue weighted by molar-refractivity contribution is 5.85. The lowest BCUT2D eigenvalue weighted by molar-refractivity contribution is 0.381. The van der Waals surface area contributed by atoms with Gasteiger partial charge in [0.15, 0.2) is 0 Å². The Hall–Kier alpha value is -1.28. The molecule has 4 rings (SSSR count). The molecule has 1 heterocycles. The molecule has 0 saturated heterocycles. The van der Waals surface area contributed by atoms with Crippen molar-refractivity contribution in [2.24, 2.45) is 5.92 Å². The Bertz CT molecular complexity index is 594. The van der Waals surface area contributed by atoms with Gasteiger partial charge in [0.05, 0.1) is 0 Å². The summed E-state index contributed by atoms with van der Waals surface area (Å²) in [6.07, 6.45) is 6.65. The molecule has 1 saturated carbocycles. The lowest BCUT2D eigenvalue weighted by atomic mass is 9.91. The fourth-order valence-electron chi connectivity index (χ4n) is 3.63. The van der Waals surface area contributed by atoms with Crippen LogP contribution in [-0.2, 0) is 6.42 Å². The Morgan fingerprint density at radius 1 is 1.21 bits per heavy atom. The first-order valence-corrected chi connectivity index (χ1v) is 7.68. The maximum atomic E-state index is 3.87. The number of para-hydroxylation sites is 1. The number of nitrogens with one attached hydrogen (secondary N) is 2. The first-order valence-electron chi connectivity index (χ1n) is 7.68. The minimum absolute atomic E-state index is 0.534. The molecular formula is C17H22N2. The van der Waals surface area contributed by atoms with E-state index in [9.17, 15) is 0 Å². The number of aromatic amines is 1. The van der Waals surface area contributed by atoms with Crippen LogP contribution in [0.3, 0.4) is 0 Å². The number of H-pyrrole nitrogens is 1. The summed E-state index contributed by atoms with van der Waals surface area (Å²) in [5.74, 6) is 0.926. The lowest BCUT2D eigenvalue weighted by Gasteiger charge is -2.27. The molecule has 2 atom stereocenters. The number of aryl methyl sites for hydroxylation is 1. The maximum absolute atomic E-state index is 3.87. The van der Waals surface area contributed by atoms with Gasteiger partial charge < -0.3 is 10.3 Å². The predicted molar refractivity (Wildman–Crippen MR) is 79.3 cm³/mol. The van der Waals surface area contributed by atoms with Crippen LogP contribution in [0.1, 0.15) is 49.9 Å². The van der Waals surface area contributed by atoms with Crippen LogP contribution in [0.25, 0.3) is 10.9 Å². The van der Waals surface area contributed by atoms with E-state index in [2.05, 4.69) is 41.5 Å². The molecule has 100 valence electrons. The van der Waals surface area contributed by atoms with E-state index in [1.165, 1.54) is 48.7 Å². The second kappa shape index (κ2) is 4.38. The summed E-state index contributed by atoms with van der Waals surface area (Å²) in [6, 6.07) is 9.95. The largest absolute Gasteiger partial charge is 0.357 e. The number of hydrogen-bond acceptors (Lipinski definition) is 1. The summed E-state index contributed by atoms with van der Waals surface area (Å²) in [5.41, 5.74) is 4.32. The average molecular weight is 254 g/mol. The second-order valence-electron chi connectivity index (χ2n) is 6.30. The van der Waals surface area contributed by atoms with Crippen LogP contribution >= 0.6 is 0 Å². The third-order valence-electron chi connectivity index (χ3n) is 4.91. The summed E-state index contributed by atoms with van der Waals surface area (Å²) >= 11 is 0. The van der Waals surface area contributed by atoms with Crippen molar-refractivity contribution in [3.8, 4) is 0 Å². The van der Waals surface area contributed by atoms with Crippen LogP contribution in [-0.4, -0.2) is 11.0 Å². The number of rotatable bonds is 3. The third-order valence-corrected chi connectivity index (χ3v) is 4.91. The average Bonchev–Trinajstić information content (AvgIpc) is 3.21. The molecule has 2 aliphatic carbocycles. The first-order chi connectivity index (χ1) is 9.33. The van der Waals surface area contributed by atoms with E-state index in [-0.39, 0.29) is 0 Å². The molecule has 19 heavy (non-hydrogen) atoms. The van der Waals surface area contributed by atoms with Crippen molar-refractivity contribution in [3.05, 3.63) is 35.5 Å². The molecule has 0 aliphatic heterocycles. The molecule has 0 bridgehead atoms. The van der Waals surface area contributed by atoms with E-state index in [0.29, 0.717) is 12.1 Å². The molecule has 2 N–H and O–H groups in total. The number of hydrogen-bond donors (Lipinski definition) is 2. The second-order valence-corrected chi connectivity index (χ2v) is 6.30. The molecular weight excluding hydrogens is 232 g/mol. The number of benzene rings is 1. The molecule has 2 aliphatic rings. The molecule has 0 spiro atoms. The molecule has 0 amide bonds. The molecule has 0 radical (unpaired) electrons. The Morgan fingerprint density at radius 2 is 2.05 bits per heavy atom. The van der Waals surface area contributed by atoms with Crippen molar-refractivity contribution < 1.29 is 0 Å². The number of fused-ring (bicyclic) bond motifs is 3. The van der Waals surface area contributed by atoms with Gasteiger partial charge in [-0.1, -0.05) is 18.2 Å². The smallest absolute Gasteiger partial charge is 0.0478 e. The number of aromatic nitrogens is 1. The van der Waals surface area contributed by atoms with E-state index in [1.54, 1.807) is 5.56 Å². The van der Waals surface area contributed by atoms with Crippen LogP contribution in [0.4, 0.5) is 0 Å². The first kappa shape index (κ1) is 11.5. The Morgan fingerprint density at radius 3 is 2.89 bits per heavy atom. The summed E-state index contributed by atoms with van der Waals surface area (Å²) in [6.45, 7) is 2.36. The standard InChI is InChI=1S/C17H22N2/c1-11(12-9-10-12)18-16-8-4-6-14-13-5-2-3-7-15(13)19-17(14)16/h2-3,5,7,11-12,16,18-19H,4,6,8-10H2,1H3. The van der Waals surface area contributed by atoms with Gasteiger partial charge in [-0.3, -0.25) is 0 Å². The highest BCUT2D eigenvalue weighted by Gasteiger charge is 2.31. The maximum Gasteiger partial charge on any atom is 0.0478 e. The van der Waals surface area contributed by atoms with Gasteiger partial charge in [-0.2, -0.15) is 0 Å².